The van der Waals surface area contributed by atoms with Crippen molar-refractivity contribution in [3.05, 3.63) is 12.4 Å². The topological polar surface area (TPSA) is 64.2 Å². The highest BCUT2D eigenvalue weighted by atomic mass is 16.2. The van der Waals surface area contributed by atoms with Gasteiger partial charge in [-0.2, -0.15) is 5.10 Å². The molecule has 1 amide bonds. The highest BCUT2D eigenvalue weighted by molar-refractivity contribution is 5.79. The fraction of sp³-hybridized carbons (Fsp3) is 0.500. The summed E-state index contributed by atoms with van der Waals surface area (Å²) in [5.74, 6) is 0.00287. The maximum Gasteiger partial charge on any atom is 0.246 e. The minimum absolute atomic E-state index is 0.00287. The SMILES string of the molecule is CC(C(=O)N(C)C)n1cc(N)cn1. The van der Waals surface area contributed by atoms with Gasteiger partial charge in [0.25, 0.3) is 0 Å². The van der Waals surface area contributed by atoms with Crippen LogP contribution in [0.4, 0.5) is 5.69 Å². The van der Waals surface area contributed by atoms with Gasteiger partial charge in [0.1, 0.15) is 6.04 Å². The maximum atomic E-state index is 11.5. The summed E-state index contributed by atoms with van der Waals surface area (Å²) in [4.78, 5) is 13.0. The normalized spacial score (nSPS) is 12.5. The van der Waals surface area contributed by atoms with Crippen LogP contribution in [0.3, 0.4) is 0 Å². The molecule has 0 saturated heterocycles. The molecule has 1 unspecified atom stereocenters. The minimum Gasteiger partial charge on any atom is -0.396 e. The van der Waals surface area contributed by atoms with Crippen LogP contribution in [-0.2, 0) is 4.79 Å². The zero-order valence-corrected chi connectivity index (χ0v) is 8.06. The van der Waals surface area contributed by atoms with E-state index < -0.39 is 0 Å². The van der Waals surface area contributed by atoms with Gasteiger partial charge in [-0.05, 0) is 6.92 Å². The van der Waals surface area contributed by atoms with E-state index in [1.54, 1.807) is 31.9 Å². The maximum absolute atomic E-state index is 11.5. The van der Waals surface area contributed by atoms with Crippen molar-refractivity contribution in [1.29, 1.82) is 0 Å². The van der Waals surface area contributed by atoms with E-state index in [0.717, 1.165) is 0 Å². The Morgan fingerprint density at radius 3 is 2.69 bits per heavy atom. The fourth-order valence-electron chi connectivity index (χ4n) is 1.05. The zero-order valence-electron chi connectivity index (χ0n) is 8.06. The molecule has 0 aliphatic rings. The second kappa shape index (κ2) is 3.47. The van der Waals surface area contributed by atoms with Gasteiger partial charge in [-0.3, -0.25) is 9.48 Å². The van der Waals surface area contributed by atoms with Crippen LogP contribution in [0.1, 0.15) is 13.0 Å². The summed E-state index contributed by atoms with van der Waals surface area (Å²) in [7, 11) is 3.43. The number of nitrogen functional groups attached to an aromatic ring is 1. The number of rotatable bonds is 2. The summed E-state index contributed by atoms with van der Waals surface area (Å²) in [6, 6.07) is -0.299. The lowest BCUT2D eigenvalue weighted by molar-refractivity contribution is -0.131. The van der Waals surface area contributed by atoms with Crippen molar-refractivity contribution in [2.24, 2.45) is 0 Å². The lowest BCUT2D eigenvalue weighted by Crippen LogP contribution is -2.30. The first-order valence-corrected chi connectivity index (χ1v) is 4.03. The van der Waals surface area contributed by atoms with Crippen molar-refractivity contribution in [2.75, 3.05) is 19.8 Å². The van der Waals surface area contributed by atoms with Crippen LogP contribution >= 0.6 is 0 Å². The molecule has 5 nitrogen and oxygen atoms in total. The van der Waals surface area contributed by atoms with Crippen LogP contribution < -0.4 is 5.73 Å². The standard InChI is InChI=1S/C8H14N4O/c1-6(8(13)11(2)3)12-5-7(9)4-10-12/h4-6H,9H2,1-3H3. The molecule has 1 heterocycles. The van der Waals surface area contributed by atoms with Crippen LogP contribution in [-0.4, -0.2) is 34.7 Å². The Bertz CT molecular complexity index is 305. The molecule has 1 atom stereocenters. The third-order valence-electron chi connectivity index (χ3n) is 1.82. The molecule has 0 fully saturated rings. The van der Waals surface area contributed by atoms with Gasteiger partial charge in [0, 0.05) is 20.3 Å². The van der Waals surface area contributed by atoms with E-state index >= 15 is 0 Å². The smallest absolute Gasteiger partial charge is 0.246 e. The van der Waals surface area contributed by atoms with E-state index in [9.17, 15) is 4.79 Å². The first-order valence-electron chi connectivity index (χ1n) is 4.03. The molecule has 1 rings (SSSR count). The first-order chi connectivity index (χ1) is 6.02. The molecule has 0 saturated carbocycles. The number of nitrogens with zero attached hydrogens (tertiary/aromatic N) is 3. The van der Waals surface area contributed by atoms with Crippen molar-refractivity contribution < 1.29 is 4.79 Å². The quantitative estimate of drug-likeness (QED) is 0.706. The monoisotopic (exact) mass is 182 g/mol. The predicted molar refractivity (Wildman–Crippen MR) is 50.0 cm³/mol. The number of likely N-dealkylation sites (N-methyl/N-ethyl adjacent to an activating group) is 1. The van der Waals surface area contributed by atoms with E-state index in [0.29, 0.717) is 5.69 Å². The van der Waals surface area contributed by atoms with Crippen LogP contribution in [0.5, 0.6) is 0 Å². The molecule has 0 aliphatic carbocycles. The van der Waals surface area contributed by atoms with E-state index in [2.05, 4.69) is 5.10 Å². The van der Waals surface area contributed by atoms with Gasteiger partial charge in [0.05, 0.1) is 11.9 Å². The lowest BCUT2D eigenvalue weighted by Gasteiger charge is -2.16. The highest BCUT2D eigenvalue weighted by Gasteiger charge is 2.16. The number of nitrogens with two attached hydrogens (primary N) is 1. The molecule has 0 aromatic carbocycles. The summed E-state index contributed by atoms with van der Waals surface area (Å²) in [5, 5.41) is 3.96. The molecule has 1 aromatic rings. The highest BCUT2D eigenvalue weighted by Crippen LogP contribution is 2.09. The average Bonchev–Trinajstić information content (AvgIpc) is 2.49. The Hall–Kier alpha value is -1.52. The second-order valence-electron chi connectivity index (χ2n) is 3.16. The number of amides is 1. The van der Waals surface area contributed by atoms with Gasteiger partial charge in [-0.25, -0.2) is 0 Å². The number of hydrogen-bond donors (Lipinski definition) is 1. The second-order valence-corrected chi connectivity index (χ2v) is 3.16. The number of hydrogen-bond acceptors (Lipinski definition) is 3. The molecule has 5 heteroatoms. The molecular formula is C8H14N4O. The Kier molecular flexibility index (Phi) is 2.55. The molecule has 0 bridgehead atoms. The van der Waals surface area contributed by atoms with Gasteiger partial charge < -0.3 is 10.6 Å². The predicted octanol–water partition coefficient (Wildman–Crippen LogP) is 0.114. The summed E-state index contributed by atoms with van der Waals surface area (Å²) in [6.07, 6.45) is 3.17. The molecule has 0 radical (unpaired) electrons. The average molecular weight is 182 g/mol. The van der Waals surface area contributed by atoms with Gasteiger partial charge in [0.2, 0.25) is 5.91 Å². The van der Waals surface area contributed by atoms with Crippen LogP contribution in [0, 0.1) is 0 Å². The van der Waals surface area contributed by atoms with Crippen LogP contribution in [0.15, 0.2) is 12.4 Å². The summed E-state index contributed by atoms with van der Waals surface area (Å²) in [6.45, 7) is 1.79. The Morgan fingerprint density at radius 1 is 1.69 bits per heavy atom. The summed E-state index contributed by atoms with van der Waals surface area (Å²) in [5.41, 5.74) is 6.05. The number of carbonyl (C=O) groups is 1. The van der Waals surface area contributed by atoms with Crippen LogP contribution in [0.25, 0.3) is 0 Å². The Morgan fingerprint density at radius 2 is 2.31 bits per heavy atom. The fourth-order valence-corrected chi connectivity index (χ4v) is 1.05. The molecule has 72 valence electrons. The van der Waals surface area contributed by atoms with Gasteiger partial charge >= 0.3 is 0 Å². The molecule has 1 aromatic heterocycles. The first kappa shape index (κ1) is 9.57. The third-order valence-corrected chi connectivity index (χ3v) is 1.82. The van der Waals surface area contributed by atoms with Crippen LogP contribution in [0.2, 0.25) is 0 Å². The summed E-state index contributed by atoms with van der Waals surface area (Å²) >= 11 is 0. The van der Waals surface area contributed by atoms with Crippen molar-refractivity contribution >= 4 is 11.6 Å². The van der Waals surface area contributed by atoms with Gasteiger partial charge in [0.15, 0.2) is 0 Å². The number of anilines is 1. The zero-order chi connectivity index (χ0) is 10.0. The largest absolute Gasteiger partial charge is 0.396 e. The molecule has 2 N–H and O–H groups in total. The number of carbonyl (C=O) groups excluding carboxylic acids is 1. The van der Waals surface area contributed by atoms with Crippen molar-refractivity contribution in [3.8, 4) is 0 Å². The van der Waals surface area contributed by atoms with E-state index in [4.69, 9.17) is 5.73 Å². The molecule has 13 heavy (non-hydrogen) atoms. The van der Waals surface area contributed by atoms with Crippen molar-refractivity contribution in [3.63, 3.8) is 0 Å². The molecule has 0 spiro atoms. The Balaban J connectivity index is 2.79. The van der Waals surface area contributed by atoms with Gasteiger partial charge in [-0.1, -0.05) is 0 Å². The molecule has 0 aliphatic heterocycles. The van der Waals surface area contributed by atoms with Gasteiger partial charge in [-0.15, -0.1) is 0 Å². The summed E-state index contributed by atoms with van der Waals surface area (Å²) < 4.78 is 1.55. The van der Waals surface area contributed by atoms with E-state index in [1.807, 2.05) is 0 Å². The van der Waals surface area contributed by atoms with E-state index in [1.165, 1.54) is 11.1 Å². The number of aromatic nitrogens is 2. The Labute approximate surface area is 77.1 Å². The van der Waals surface area contributed by atoms with E-state index in [-0.39, 0.29) is 11.9 Å². The van der Waals surface area contributed by atoms with Crippen molar-refractivity contribution in [1.82, 2.24) is 14.7 Å². The van der Waals surface area contributed by atoms with Crippen molar-refractivity contribution in [2.45, 2.75) is 13.0 Å². The lowest BCUT2D eigenvalue weighted by atomic mass is 10.3. The minimum atomic E-state index is -0.299. The molecular weight excluding hydrogens is 168 g/mol. The third kappa shape index (κ3) is 1.99.